The van der Waals surface area contributed by atoms with Crippen LogP contribution in [0.5, 0.6) is 0 Å². The fraction of sp³-hybridized carbons (Fsp3) is 0.467. The van der Waals surface area contributed by atoms with Gasteiger partial charge in [-0.05, 0) is 36.5 Å². The number of benzene rings is 1. The highest BCUT2D eigenvalue weighted by Crippen LogP contribution is 2.48. The van der Waals surface area contributed by atoms with E-state index in [0.29, 0.717) is 10.8 Å². The van der Waals surface area contributed by atoms with Gasteiger partial charge < -0.3 is 5.32 Å². The molecule has 0 spiro atoms. The zero-order valence-corrected chi connectivity index (χ0v) is 13.0. The van der Waals surface area contributed by atoms with Gasteiger partial charge in [0, 0.05) is 10.9 Å². The Kier molecular flexibility index (Phi) is 4.38. The van der Waals surface area contributed by atoms with E-state index in [4.69, 9.17) is 11.6 Å². The molecular formula is C15H18ClN5O. The summed E-state index contributed by atoms with van der Waals surface area (Å²) in [6.07, 6.45) is 2.58. The minimum absolute atomic E-state index is 0.00437. The van der Waals surface area contributed by atoms with Crippen LogP contribution in [0.25, 0.3) is 0 Å². The molecule has 3 atom stereocenters. The SMILES string of the molecule is CCC[C@H](NC(=O)[C@@H]1C[C@H]1c1cccc(Cl)c1)c1nn[nH]n1. The molecule has 1 aromatic heterocycles. The van der Waals surface area contributed by atoms with Gasteiger partial charge in [-0.3, -0.25) is 4.79 Å². The van der Waals surface area contributed by atoms with Gasteiger partial charge in [-0.2, -0.15) is 5.21 Å². The lowest BCUT2D eigenvalue weighted by atomic mass is 10.1. The van der Waals surface area contributed by atoms with Crippen LogP contribution in [0.4, 0.5) is 0 Å². The maximum atomic E-state index is 12.4. The predicted octanol–water partition coefficient (Wildman–Crippen LogP) is 2.61. The fourth-order valence-electron chi connectivity index (χ4n) is 2.74. The molecule has 2 aromatic rings. The van der Waals surface area contributed by atoms with E-state index in [1.165, 1.54) is 0 Å². The lowest BCUT2D eigenvalue weighted by molar-refractivity contribution is -0.123. The van der Waals surface area contributed by atoms with E-state index < -0.39 is 0 Å². The van der Waals surface area contributed by atoms with Gasteiger partial charge in [0.1, 0.15) is 0 Å². The molecule has 116 valence electrons. The van der Waals surface area contributed by atoms with Gasteiger partial charge in [-0.1, -0.05) is 42.3 Å². The van der Waals surface area contributed by atoms with Crippen LogP contribution in [-0.4, -0.2) is 26.5 Å². The van der Waals surface area contributed by atoms with Gasteiger partial charge in [-0.25, -0.2) is 0 Å². The third-order valence-electron chi connectivity index (χ3n) is 3.97. The van der Waals surface area contributed by atoms with Gasteiger partial charge in [0.25, 0.3) is 0 Å². The predicted molar refractivity (Wildman–Crippen MR) is 82.3 cm³/mol. The van der Waals surface area contributed by atoms with Crippen LogP contribution in [0.3, 0.4) is 0 Å². The monoisotopic (exact) mass is 319 g/mol. The Hall–Kier alpha value is -1.95. The molecule has 0 aliphatic heterocycles. The molecule has 6 nitrogen and oxygen atoms in total. The Morgan fingerprint density at radius 1 is 1.55 bits per heavy atom. The highest BCUT2D eigenvalue weighted by Gasteiger charge is 2.44. The van der Waals surface area contributed by atoms with Crippen LogP contribution >= 0.6 is 11.6 Å². The van der Waals surface area contributed by atoms with Crippen LogP contribution in [0.15, 0.2) is 24.3 Å². The highest BCUT2D eigenvalue weighted by molar-refractivity contribution is 6.30. The van der Waals surface area contributed by atoms with Crippen LogP contribution in [0.1, 0.15) is 49.5 Å². The van der Waals surface area contributed by atoms with E-state index in [9.17, 15) is 4.79 Å². The number of hydrogen-bond donors (Lipinski definition) is 2. The molecular weight excluding hydrogens is 302 g/mol. The lowest BCUT2D eigenvalue weighted by Crippen LogP contribution is -2.30. The van der Waals surface area contributed by atoms with Crippen molar-refractivity contribution in [2.24, 2.45) is 5.92 Å². The highest BCUT2D eigenvalue weighted by atomic mass is 35.5. The second-order valence-electron chi connectivity index (χ2n) is 5.62. The first-order chi connectivity index (χ1) is 10.7. The van der Waals surface area contributed by atoms with Crippen LogP contribution < -0.4 is 5.32 Å². The van der Waals surface area contributed by atoms with Gasteiger partial charge in [0.2, 0.25) is 5.91 Å². The Labute approximate surface area is 133 Å². The number of halogens is 1. The quantitative estimate of drug-likeness (QED) is 0.857. The normalized spacial score (nSPS) is 21.4. The standard InChI is InChI=1S/C15H18ClN5O/c1-2-4-13(14-18-20-21-19-14)17-15(22)12-8-11(12)9-5-3-6-10(16)7-9/h3,5-7,11-13H,2,4,8H2,1H3,(H,17,22)(H,18,19,20,21)/t11-,12+,13-/m0/s1. The molecule has 22 heavy (non-hydrogen) atoms. The Morgan fingerprint density at radius 2 is 2.41 bits per heavy atom. The summed E-state index contributed by atoms with van der Waals surface area (Å²) in [4.78, 5) is 12.4. The Morgan fingerprint density at radius 3 is 3.09 bits per heavy atom. The van der Waals surface area contributed by atoms with Gasteiger partial charge in [-0.15, -0.1) is 10.2 Å². The molecule has 1 heterocycles. The van der Waals surface area contributed by atoms with Crippen LogP contribution in [0.2, 0.25) is 5.02 Å². The van der Waals surface area contributed by atoms with E-state index in [2.05, 4.69) is 32.9 Å². The average molecular weight is 320 g/mol. The summed E-state index contributed by atoms with van der Waals surface area (Å²) in [7, 11) is 0. The second-order valence-corrected chi connectivity index (χ2v) is 6.06. The number of carbonyl (C=O) groups is 1. The number of aromatic nitrogens is 4. The van der Waals surface area contributed by atoms with Gasteiger partial charge >= 0.3 is 0 Å². The van der Waals surface area contributed by atoms with Crippen molar-refractivity contribution in [2.45, 2.75) is 38.1 Å². The molecule has 1 amide bonds. The zero-order valence-electron chi connectivity index (χ0n) is 12.3. The Balaban J connectivity index is 1.63. The summed E-state index contributed by atoms with van der Waals surface area (Å²) >= 11 is 6.01. The smallest absolute Gasteiger partial charge is 0.224 e. The van der Waals surface area contributed by atoms with Crippen molar-refractivity contribution >= 4 is 17.5 Å². The van der Waals surface area contributed by atoms with Crippen molar-refractivity contribution in [2.75, 3.05) is 0 Å². The van der Waals surface area contributed by atoms with Crippen molar-refractivity contribution in [1.29, 1.82) is 0 Å². The second kappa shape index (κ2) is 6.44. The molecule has 7 heteroatoms. The molecule has 3 rings (SSSR count). The number of carbonyl (C=O) groups excluding carboxylic acids is 1. The van der Waals surface area contributed by atoms with E-state index in [0.717, 1.165) is 24.8 Å². The number of nitrogens with zero attached hydrogens (tertiary/aromatic N) is 3. The third kappa shape index (κ3) is 3.27. The molecule has 1 aliphatic carbocycles. The number of H-pyrrole nitrogens is 1. The average Bonchev–Trinajstić information content (AvgIpc) is 3.13. The number of nitrogens with one attached hydrogen (secondary N) is 2. The first kappa shape index (κ1) is 15.0. The van der Waals surface area contributed by atoms with Gasteiger partial charge in [0.05, 0.1) is 6.04 Å². The number of tetrazole rings is 1. The third-order valence-corrected chi connectivity index (χ3v) is 4.21. The van der Waals surface area contributed by atoms with Crippen molar-refractivity contribution in [3.8, 4) is 0 Å². The molecule has 1 aliphatic rings. The topological polar surface area (TPSA) is 83.6 Å². The molecule has 0 saturated heterocycles. The maximum absolute atomic E-state index is 12.4. The van der Waals surface area contributed by atoms with Crippen molar-refractivity contribution < 1.29 is 4.79 Å². The minimum Gasteiger partial charge on any atom is -0.346 e. The largest absolute Gasteiger partial charge is 0.346 e. The first-order valence-corrected chi connectivity index (χ1v) is 7.86. The molecule has 1 saturated carbocycles. The minimum atomic E-state index is -0.183. The lowest BCUT2D eigenvalue weighted by Gasteiger charge is -2.14. The van der Waals surface area contributed by atoms with Gasteiger partial charge in [0.15, 0.2) is 5.82 Å². The molecule has 1 aromatic carbocycles. The van der Waals surface area contributed by atoms with Crippen molar-refractivity contribution in [3.05, 3.63) is 40.7 Å². The number of aromatic amines is 1. The van der Waals surface area contributed by atoms with E-state index in [1.807, 2.05) is 24.3 Å². The number of rotatable bonds is 6. The van der Waals surface area contributed by atoms with E-state index in [1.54, 1.807) is 0 Å². The van der Waals surface area contributed by atoms with E-state index in [-0.39, 0.29) is 23.8 Å². The molecule has 2 N–H and O–H groups in total. The van der Waals surface area contributed by atoms with Crippen molar-refractivity contribution in [1.82, 2.24) is 25.9 Å². The van der Waals surface area contributed by atoms with Crippen molar-refractivity contribution in [3.63, 3.8) is 0 Å². The summed E-state index contributed by atoms with van der Waals surface area (Å²) in [6.45, 7) is 2.06. The summed E-state index contributed by atoms with van der Waals surface area (Å²) in [5, 5.41) is 17.7. The summed E-state index contributed by atoms with van der Waals surface area (Å²) in [6, 6.07) is 7.53. The van der Waals surface area contributed by atoms with E-state index >= 15 is 0 Å². The summed E-state index contributed by atoms with van der Waals surface area (Å²) in [5.74, 6) is 0.847. The summed E-state index contributed by atoms with van der Waals surface area (Å²) < 4.78 is 0. The first-order valence-electron chi connectivity index (χ1n) is 7.48. The zero-order chi connectivity index (χ0) is 15.5. The summed E-state index contributed by atoms with van der Waals surface area (Å²) in [5.41, 5.74) is 1.12. The molecule has 1 fully saturated rings. The number of amides is 1. The maximum Gasteiger partial charge on any atom is 0.224 e. The number of hydrogen-bond acceptors (Lipinski definition) is 4. The van der Waals surface area contributed by atoms with Crippen LogP contribution in [-0.2, 0) is 4.79 Å². The molecule has 0 bridgehead atoms. The Bertz CT molecular complexity index is 645. The fourth-order valence-corrected chi connectivity index (χ4v) is 2.94. The molecule has 0 unspecified atom stereocenters. The van der Waals surface area contributed by atoms with Crippen LogP contribution in [0, 0.1) is 5.92 Å². The molecule has 0 radical (unpaired) electrons.